The van der Waals surface area contributed by atoms with Crippen molar-refractivity contribution in [1.29, 1.82) is 0 Å². The van der Waals surface area contributed by atoms with Crippen LogP contribution in [0.4, 0.5) is 14.5 Å². The molecule has 122 valence electrons. The first-order valence-electron chi connectivity index (χ1n) is 7.13. The molecule has 0 heterocycles. The summed E-state index contributed by atoms with van der Waals surface area (Å²) in [6.07, 6.45) is 0.885. The van der Waals surface area contributed by atoms with Gasteiger partial charge < -0.3 is 14.8 Å². The minimum Gasteiger partial charge on any atom is -0.484 e. The van der Waals surface area contributed by atoms with E-state index in [0.29, 0.717) is 11.4 Å². The van der Waals surface area contributed by atoms with Crippen molar-refractivity contribution in [2.45, 2.75) is 20.0 Å². The van der Waals surface area contributed by atoms with Gasteiger partial charge in [0, 0.05) is 5.69 Å². The molecule has 2 aromatic rings. The Balaban J connectivity index is 1.84. The third kappa shape index (κ3) is 5.58. The van der Waals surface area contributed by atoms with Gasteiger partial charge in [-0.15, -0.1) is 0 Å². The van der Waals surface area contributed by atoms with E-state index in [1.54, 1.807) is 6.07 Å². The zero-order chi connectivity index (χ0) is 16.7. The number of aryl methyl sites for hydroxylation is 1. The number of anilines is 1. The number of hydrogen-bond donors (Lipinski definition) is 1. The summed E-state index contributed by atoms with van der Waals surface area (Å²) in [5, 5.41) is 2.61. The summed E-state index contributed by atoms with van der Waals surface area (Å²) in [6.45, 7) is -0.974. The molecule has 0 unspecified atom stereocenters. The molecule has 0 aromatic heterocycles. The van der Waals surface area contributed by atoms with Gasteiger partial charge in [0.2, 0.25) is 0 Å². The predicted molar refractivity (Wildman–Crippen MR) is 83.0 cm³/mol. The molecule has 0 aliphatic carbocycles. The van der Waals surface area contributed by atoms with Gasteiger partial charge >= 0.3 is 6.61 Å². The van der Waals surface area contributed by atoms with Crippen molar-refractivity contribution in [3.63, 3.8) is 0 Å². The van der Waals surface area contributed by atoms with Crippen molar-refractivity contribution >= 4 is 11.6 Å². The van der Waals surface area contributed by atoms with Crippen LogP contribution in [0.15, 0.2) is 48.5 Å². The van der Waals surface area contributed by atoms with Gasteiger partial charge in [0.25, 0.3) is 5.91 Å². The largest absolute Gasteiger partial charge is 0.484 e. The Kier molecular flexibility index (Phi) is 5.91. The van der Waals surface area contributed by atoms with Crippen molar-refractivity contribution < 1.29 is 23.0 Å². The molecular weight excluding hydrogens is 304 g/mol. The Morgan fingerprint density at radius 3 is 2.52 bits per heavy atom. The number of alkyl halides is 2. The van der Waals surface area contributed by atoms with Crippen LogP contribution in [0.1, 0.15) is 12.5 Å². The fraction of sp³-hybridized carbons (Fsp3) is 0.235. The van der Waals surface area contributed by atoms with Crippen LogP contribution in [0.2, 0.25) is 0 Å². The lowest BCUT2D eigenvalue weighted by Gasteiger charge is -2.09. The fourth-order valence-electron chi connectivity index (χ4n) is 1.92. The zero-order valence-corrected chi connectivity index (χ0v) is 12.6. The molecule has 4 nitrogen and oxygen atoms in total. The molecule has 23 heavy (non-hydrogen) atoms. The molecule has 2 rings (SSSR count). The molecule has 1 amide bonds. The van der Waals surface area contributed by atoms with Crippen LogP contribution in [0.25, 0.3) is 0 Å². The molecule has 0 bridgehead atoms. The number of carbonyl (C=O) groups is 1. The highest BCUT2D eigenvalue weighted by Gasteiger charge is 2.06. The summed E-state index contributed by atoms with van der Waals surface area (Å²) in [4.78, 5) is 11.8. The highest BCUT2D eigenvalue weighted by molar-refractivity contribution is 5.91. The van der Waals surface area contributed by atoms with Crippen LogP contribution < -0.4 is 14.8 Å². The molecule has 0 spiro atoms. The lowest BCUT2D eigenvalue weighted by atomic mass is 10.2. The Morgan fingerprint density at radius 2 is 1.87 bits per heavy atom. The summed E-state index contributed by atoms with van der Waals surface area (Å²) in [5.41, 5.74) is 1.60. The Morgan fingerprint density at radius 1 is 1.13 bits per heavy atom. The molecule has 2 aromatic carbocycles. The average molecular weight is 321 g/mol. The smallest absolute Gasteiger partial charge is 0.387 e. The van der Waals surface area contributed by atoms with Gasteiger partial charge in [-0.1, -0.05) is 19.1 Å². The van der Waals surface area contributed by atoms with Crippen LogP contribution >= 0.6 is 0 Å². The first-order valence-corrected chi connectivity index (χ1v) is 7.13. The highest BCUT2D eigenvalue weighted by atomic mass is 19.3. The van der Waals surface area contributed by atoms with Crippen LogP contribution in [0.3, 0.4) is 0 Å². The third-order valence-electron chi connectivity index (χ3n) is 3.04. The maximum atomic E-state index is 12.0. The molecule has 0 saturated carbocycles. The SMILES string of the molecule is CCc1cccc(OCC(=O)Nc2ccc(OC(F)F)cc2)c1. The Bertz CT molecular complexity index is 645. The zero-order valence-electron chi connectivity index (χ0n) is 12.6. The molecule has 0 aliphatic heterocycles. The van der Waals surface area contributed by atoms with E-state index in [9.17, 15) is 13.6 Å². The second-order valence-corrected chi connectivity index (χ2v) is 4.74. The number of nitrogens with one attached hydrogen (secondary N) is 1. The van der Waals surface area contributed by atoms with Crippen molar-refractivity contribution in [1.82, 2.24) is 0 Å². The van der Waals surface area contributed by atoms with Gasteiger partial charge in [-0.25, -0.2) is 0 Å². The molecule has 0 saturated heterocycles. The van der Waals surface area contributed by atoms with Crippen molar-refractivity contribution in [3.8, 4) is 11.5 Å². The minimum absolute atomic E-state index is 0.0330. The number of amides is 1. The summed E-state index contributed by atoms with van der Waals surface area (Å²) in [6, 6.07) is 13.2. The van der Waals surface area contributed by atoms with E-state index in [2.05, 4.69) is 10.1 Å². The number of carbonyl (C=O) groups excluding carboxylic acids is 1. The lowest BCUT2D eigenvalue weighted by Crippen LogP contribution is -2.20. The van der Waals surface area contributed by atoms with Crippen molar-refractivity contribution in [2.24, 2.45) is 0 Å². The first-order chi connectivity index (χ1) is 11.1. The van der Waals surface area contributed by atoms with Gasteiger partial charge in [0.15, 0.2) is 6.61 Å². The Hall–Kier alpha value is -2.63. The van der Waals surface area contributed by atoms with E-state index < -0.39 is 6.61 Å². The summed E-state index contributed by atoms with van der Waals surface area (Å²) < 4.78 is 33.7. The monoisotopic (exact) mass is 321 g/mol. The summed E-state index contributed by atoms with van der Waals surface area (Å²) in [7, 11) is 0. The quantitative estimate of drug-likeness (QED) is 0.842. The van der Waals surface area contributed by atoms with Crippen molar-refractivity contribution in [3.05, 3.63) is 54.1 Å². The minimum atomic E-state index is -2.87. The van der Waals surface area contributed by atoms with Crippen LogP contribution in [0.5, 0.6) is 11.5 Å². The van der Waals surface area contributed by atoms with E-state index in [1.807, 2.05) is 25.1 Å². The molecule has 6 heteroatoms. The lowest BCUT2D eigenvalue weighted by molar-refractivity contribution is -0.118. The highest BCUT2D eigenvalue weighted by Crippen LogP contribution is 2.18. The van der Waals surface area contributed by atoms with E-state index in [1.165, 1.54) is 24.3 Å². The number of rotatable bonds is 7. The number of halogens is 2. The van der Waals surface area contributed by atoms with Gasteiger partial charge in [0.05, 0.1) is 0 Å². The van der Waals surface area contributed by atoms with Crippen LogP contribution in [-0.4, -0.2) is 19.1 Å². The summed E-state index contributed by atoms with van der Waals surface area (Å²) >= 11 is 0. The first kappa shape index (κ1) is 16.7. The maximum absolute atomic E-state index is 12.0. The van der Waals surface area contributed by atoms with Crippen molar-refractivity contribution in [2.75, 3.05) is 11.9 Å². The van der Waals surface area contributed by atoms with Gasteiger partial charge in [-0.05, 0) is 48.4 Å². The topological polar surface area (TPSA) is 47.6 Å². The fourth-order valence-corrected chi connectivity index (χ4v) is 1.92. The van der Waals surface area contributed by atoms with Gasteiger partial charge in [-0.3, -0.25) is 4.79 Å². The molecule has 1 N–H and O–H groups in total. The van der Waals surface area contributed by atoms with Gasteiger partial charge in [-0.2, -0.15) is 8.78 Å². The van der Waals surface area contributed by atoms with Crippen LogP contribution in [0, 0.1) is 0 Å². The standard InChI is InChI=1S/C17H17F2NO3/c1-2-12-4-3-5-15(10-12)22-11-16(21)20-13-6-8-14(9-7-13)23-17(18)19/h3-10,17H,2,11H2,1H3,(H,20,21). The molecule has 0 fully saturated rings. The van der Waals surface area contributed by atoms with E-state index in [-0.39, 0.29) is 18.3 Å². The maximum Gasteiger partial charge on any atom is 0.387 e. The number of benzene rings is 2. The average Bonchev–Trinajstić information content (AvgIpc) is 2.54. The van der Waals surface area contributed by atoms with E-state index in [4.69, 9.17) is 4.74 Å². The van der Waals surface area contributed by atoms with E-state index in [0.717, 1.165) is 12.0 Å². The number of hydrogen-bond acceptors (Lipinski definition) is 3. The predicted octanol–water partition coefficient (Wildman–Crippen LogP) is 3.87. The molecular formula is C17H17F2NO3. The number of ether oxygens (including phenoxy) is 2. The summed E-state index contributed by atoms with van der Waals surface area (Å²) in [5.74, 6) is 0.320. The third-order valence-corrected chi connectivity index (χ3v) is 3.04. The van der Waals surface area contributed by atoms with Gasteiger partial charge in [0.1, 0.15) is 11.5 Å². The Labute approximate surface area is 133 Å². The van der Waals surface area contributed by atoms with Crippen LogP contribution in [-0.2, 0) is 11.2 Å². The second kappa shape index (κ2) is 8.12. The van der Waals surface area contributed by atoms with E-state index >= 15 is 0 Å². The molecule has 0 atom stereocenters. The molecule has 0 aliphatic rings. The second-order valence-electron chi connectivity index (χ2n) is 4.74. The molecule has 0 radical (unpaired) electrons. The normalized spacial score (nSPS) is 10.4.